The quantitative estimate of drug-likeness (QED) is 0.328. The normalized spacial score (nSPS) is 11.3. The minimum Gasteiger partial charge on any atom is -0.351 e. The average molecular weight is 420 g/mol. The number of carbonyl (C=O) groups excluding carboxylic acids is 1. The Morgan fingerprint density at radius 1 is 0.938 bits per heavy atom. The molecular weight excluding hydrogens is 394 g/mol. The minimum atomic E-state index is -0.345. The minimum absolute atomic E-state index is 0.115. The Hall–Kier alpha value is -4.10. The molecule has 4 aromatic rings. The molecule has 0 saturated heterocycles. The zero-order valence-electron chi connectivity index (χ0n) is 18.1. The lowest BCUT2D eigenvalue weighted by Crippen LogP contribution is -2.26. The van der Waals surface area contributed by atoms with Crippen molar-refractivity contribution in [3.63, 3.8) is 0 Å². The zero-order valence-corrected chi connectivity index (χ0v) is 18.1. The number of hydrogen-bond donors (Lipinski definition) is 1. The molecule has 1 N–H and O–H groups in total. The molecule has 32 heavy (non-hydrogen) atoms. The molecule has 0 radical (unpaired) electrons. The molecule has 1 heterocycles. The van der Waals surface area contributed by atoms with Gasteiger partial charge in [-0.15, -0.1) is 0 Å². The summed E-state index contributed by atoms with van der Waals surface area (Å²) in [5.74, 6) is -0.345. The Labute approximate surface area is 188 Å². The molecule has 4 rings (SSSR count). The predicted octanol–water partition coefficient (Wildman–Crippen LogP) is 5.26. The number of aromatic nitrogens is 1. The van der Waals surface area contributed by atoms with E-state index in [-0.39, 0.29) is 11.5 Å². The molecule has 0 aliphatic heterocycles. The Balaban J connectivity index is 1.60. The highest BCUT2D eigenvalue weighted by molar-refractivity contribution is 6.04. The smallest absolute Gasteiger partial charge is 0.261 e. The highest BCUT2D eigenvalue weighted by atomic mass is 16.1. The summed E-state index contributed by atoms with van der Waals surface area (Å²) in [6.07, 6.45) is 2.44. The molecule has 158 valence electrons. The van der Waals surface area contributed by atoms with Crippen LogP contribution in [0.5, 0.6) is 0 Å². The maximum atomic E-state index is 12.7. The molecule has 4 nitrogen and oxygen atoms in total. The van der Waals surface area contributed by atoms with Crippen molar-refractivity contribution in [3.05, 3.63) is 113 Å². The van der Waals surface area contributed by atoms with Crippen LogP contribution in [0.25, 0.3) is 17.0 Å². The maximum Gasteiger partial charge on any atom is 0.261 e. The van der Waals surface area contributed by atoms with Crippen LogP contribution in [0.15, 0.2) is 90.5 Å². The van der Waals surface area contributed by atoms with Crippen LogP contribution in [0, 0.1) is 18.3 Å². The standard InChI is InChI=1S/C28H25N3O/c1-21-26(18-24(19-29)28(32)30-17-16-22-10-4-2-5-11-22)25-14-8-9-15-27(25)31(21)20-23-12-6-3-7-13-23/h2-15,18H,16-17,20H2,1H3,(H,30,32)/b24-18+. The van der Waals surface area contributed by atoms with Crippen LogP contribution in [0.3, 0.4) is 0 Å². The summed E-state index contributed by atoms with van der Waals surface area (Å²) >= 11 is 0. The predicted molar refractivity (Wildman–Crippen MR) is 129 cm³/mol. The van der Waals surface area contributed by atoms with Gasteiger partial charge in [0, 0.05) is 35.2 Å². The molecule has 0 spiro atoms. The van der Waals surface area contributed by atoms with E-state index < -0.39 is 0 Å². The average Bonchev–Trinajstić information content (AvgIpc) is 3.09. The summed E-state index contributed by atoms with van der Waals surface area (Å²) < 4.78 is 2.23. The van der Waals surface area contributed by atoms with E-state index in [4.69, 9.17) is 0 Å². The molecule has 0 aliphatic rings. The molecule has 0 unspecified atom stereocenters. The summed E-state index contributed by atoms with van der Waals surface area (Å²) in [4.78, 5) is 12.7. The van der Waals surface area contributed by atoms with Gasteiger partial charge in [-0.05, 0) is 36.6 Å². The number of nitrogens with one attached hydrogen (secondary N) is 1. The third kappa shape index (κ3) is 4.63. The number of para-hydroxylation sites is 1. The van der Waals surface area contributed by atoms with Gasteiger partial charge in [0.05, 0.1) is 0 Å². The highest BCUT2D eigenvalue weighted by Gasteiger charge is 2.16. The van der Waals surface area contributed by atoms with Crippen molar-refractivity contribution >= 4 is 22.9 Å². The van der Waals surface area contributed by atoms with Crippen molar-refractivity contribution < 1.29 is 4.79 Å². The number of fused-ring (bicyclic) bond motifs is 1. The number of amides is 1. The van der Waals surface area contributed by atoms with Gasteiger partial charge in [-0.3, -0.25) is 4.79 Å². The molecule has 0 aliphatic carbocycles. The number of rotatable bonds is 7. The SMILES string of the molecule is Cc1c(/C=C(\C#N)C(=O)NCCc2ccccc2)c2ccccc2n1Cc1ccccc1. The van der Waals surface area contributed by atoms with E-state index in [1.54, 1.807) is 6.08 Å². The van der Waals surface area contributed by atoms with E-state index in [1.807, 2.05) is 73.7 Å². The van der Waals surface area contributed by atoms with E-state index in [2.05, 4.69) is 34.2 Å². The van der Waals surface area contributed by atoms with Gasteiger partial charge in [0.1, 0.15) is 11.6 Å². The third-order valence-corrected chi connectivity index (χ3v) is 5.66. The van der Waals surface area contributed by atoms with Crippen molar-refractivity contribution in [1.29, 1.82) is 5.26 Å². The fourth-order valence-corrected chi connectivity index (χ4v) is 3.96. The molecule has 4 heteroatoms. The summed E-state index contributed by atoms with van der Waals surface area (Å²) in [5.41, 5.74) is 5.48. The van der Waals surface area contributed by atoms with Crippen molar-refractivity contribution in [2.24, 2.45) is 0 Å². The van der Waals surface area contributed by atoms with Gasteiger partial charge in [0.15, 0.2) is 0 Å². The van der Waals surface area contributed by atoms with Crippen LogP contribution < -0.4 is 5.32 Å². The van der Waals surface area contributed by atoms with Gasteiger partial charge >= 0.3 is 0 Å². The Bertz CT molecular complexity index is 1300. The van der Waals surface area contributed by atoms with E-state index >= 15 is 0 Å². The first-order valence-electron chi connectivity index (χ1n) is 10.7. The summed E-state index contributed by atoms with van der Waals surface area (Å²) in [5, 5.41) is 13.6. The van der Waals surface area contributed by atoms with E-state index in [9.17, 15) is 10.1 Å². The van der Waals surface area contributed by atoms with Crippen LogP contribution in [-0.2, 0) is 17.8 Å². The number of nitriles is 1. The number of hydrogen-bond acceptors (Lipinski definition) is 2. The maximum absolute atomic E-state index is 12.7. The molecule has 3 aromatic carbocycles. The highest BCUT2D eigenvalue weighted by Crippen LogP contribution is 2.28. The monoisotopic (exact) mass is 419 g/mol. The van der Waals surface area contributed by atoms with Gasteiger partial charge in [-0.1, -0.05) is 78.9 Å². The van der Waals surface area contributed by atoms with E-state index in [0.717, 1.165) is 40.7 Å². The molecular formula is C28H25N3O. The molecule has 1 aromatic heterocycles. The lowest BCUT2D eigenvalue weighted by molar-refractivity contribution is -0.117. The number of carbonyl (C=O) groups is 1. The van der Waals surface area contributed by atoms with Crippen LogP contribution in [0.2, 0.25) is 0 Å². The second-order valence-corrected chi connectivity index (χ2v) is 7.75. The molecule has 0 saturated carbocycles. The van der Waals surface area contributed by atoms with Crippen molar-refractivity contribution in [2.75, 3.05) is 6.54 Å². The topological polar surface area (TPSA) is 57.8 Å². The summed E-state index contributed by atoms with van der Waals surface area (Å²) in [6.45, 7) is 3.25. The molecule has 0 atom stereocenters. The summed E-state index contributed by atoms with van der Waals surface area (Å²) in [7, 11) is 0. The van der Waals surface area contributed by atoms with Crippen molar-refractivity contribution in [2.45, 2.75) is 19.9 Å². The van der Waals surface area contributed by atoms with Gasteiger partial charge in [0.2, 0.25) is 0 Å². The second kappa shape index (κ2) is 9.80. The largest absolute Gasteiger partial charge is 0.351 e. The lowest BCUT2D eigenvalue weighted by Gasteiger charge is -2.09. The molecule has 0 bridgehead atoms. The van der Waals surface area contributed by atoms with Crippen molar-refractivity contribution in [3.8, 4) is 6.07 Å². The fourth-order valence-electron chi connectivity index (χ4n) is 3.96. The first kappa shape index (κ1) is 21.1. The second-order valence-electron chi connectivity index (χ2n) is 7.75. The van der Waals surface area contributed by atoms with E-state index in [1.165, 1.54) is 5.56 Å². The first-order chi connectivity index (χ1) is 15.7. The third-order valence-electron chi connectivity index (χ3n) is 5.66. The fraction of sp³-hybridized carbons (Fsp3) is 0.143. The lowest BCUT2D eigenvalue weighted by atomic mass is 10.1. The van der Waals surface area contributed by atoms with E-state index in [0.29, 0.717) is 6.54 Å². The Morgan fingerprint density at radius 3 is 2.25 bits per heavy atom. The number of benzene rings is 3. The van der Waals surface area contributed by atoms with Crippen LogP contribution in [0.1, 0.15) is 22.4 Å². The zero-order chi connectivity index (χ0) is 22.3. The van der Waals surface area contributed by atoms with Gasteiger partial charge in [-0.25, -0.2) is 0 Å². The Kier molecular flexibility index (Phi) is 6.48. The molecule has 0 fully saturated rings. The van der Waals surface area contributed by atoms with Crippen LogP contribution in [0.4, 0.5) is 0 Å². The first-order valence-corrected chi connectivity index (χ1v) is 10.7. The Morgan fingerprint density at radius 2 is 1.56 bits per heavy atom. The molecule has 1 amide bonds. The summed E-state index contributed by atoms with van der Waals surface area (Å²) in [6, 6.07) is 30.5. The van der Waals surface area contributed by atoms with Crippen molar-refractivity contribution in [1.82, 2.24) is 9.88 Å². The van der Waals surface area contributed by atoms with Crippen LogP contribution in [-0.4, -0.2) is 17.0 Å². The van der Waals surface area contributed by atoms with Gasteiger partial charge in [-0.2, -0.15) is 5.26 Å². The number of nitrogens with zero attached hydrogens (tertiary/aromatic N) is 2. The van der Waals surface area contributed by atoms with Gasteiger partial charge in [0.25, 0.3) is 5.91 Å². The van der Waals surface area contributed by atoms with Crippen LogP contribution >= 0.6 is 0 Å². The van der Waals surface area contributed by atoms with Gasteiger partial charge < -0.3 is 9.88 Å².